The largest absolute Gasteiger partial charge is 0.378 e. The van der Waals surface area contributed by atoms with E-state index in [-0.39, 0.29) is 29.3 Å². The van der Waals surface area contributed by atoms with Crippen molar-refractivity contribution >= 4 is 29.0 Å². The number of hydrogen-bond acceptors (Lipinski definition) is 7. The summed E-state index contributed by atoms with van der Waals surface area (Å²) < 4.78 is 0. The highest BCUT2D eigenvalue weighted by Crippen LogP contribution is 2.31. The lowest BCUT2D eigenvalue weighted by molar-refractivity contribution is -0.383. The Morgan fingerprint density at radius 2 is 1.96 bits per heavy atom. The Bertz CT molecular complexity index is 702. The molecule has 0 spiro atoms. The van der Waals surface area contributed by atoms with Gasteiger partial charge in [0.25, 0.3) is 0 Å². The molecule has 122 valence electrons. The Morgan fingerprint density at radius 1 is 1.30 bits per heavy atom. The van der Waals surface area contributed by atoms with Crippen molar-refractivity contribution < 1.29 is 4.92 Å². The molecule has 0 fully saturated rings. The van der Waals surface area contributed by atoms with E-state index in [1.165, 1.54) is 0 Å². The molecule has 8 heteroatoms. The van der Waals surface area contributed by atoms with Crippen molar-refractivity contribution in [1.82, 2.24) is 9.97 Å². The number of nitrogens with zero attached hydrogens (tertiary/aromatic N) is 3. The van der Waals surface area contributed by atoms with Crippen LogP contribution in [0.5, 0.6) is 0 Å². The summed E-state index contributed by atoms with van der Waals surface area (Å²) in [4.78, 5) is 18.9. The minimum absolute atomic E-state index is 0.0668. The lowest BCUT2D eigenvalue weighted by Crippen LogP contribution is -2.17. The maximum absolute atomic E-state index is 11.3. The van der Waals surface area contributed by atoms with Gasteiger partial charge in [-0.05, 0) is 32.4 Å². The normalized spacial score (nSPS) is 11.8. The first-order valence-electron chi connectivity index (χ1n) is 7.32. The van der Waals surface area contributed by atoms with Crippen LogP contribution in [-0.4, -0.2) is 20.9 Å². The van der Waals surface area contributed by atoms with Gasteiger partial charge < -0.3 is 16.4 Å². The number of rotatable bonds is 6. The Hall–Kier alpha value is -2.90. The fraction of sp³-hybridized carbons (Fsp3) is 0.333. The SMILES string of the molecule is CC[C@@H](C)Nc1nc(N)c([N+](=O)[O-])c(Nc2ccc(C)cc2)n1. The van der Waals surface area contributed by atoms with E-state index in [4.69, 9.17) is 5.73 Å². The van der Waals surface area contributed by atoms with E-state index in [0.29, 0.717) is 5.69 Å². The second-order valence-corrected chi connectivity index (χ2v) is 5.33. The molecule has 1 aromatic heterocycles. The van der Waals surface area contributed by atoms with Crippen LogP contribution in [0.3, 0.4) is 0 Å². The van der Waals surface area contributed by atoms with E-state index in [1.807, 2.05) is 45.0 Å². The van der Waals surface area contributed by atoms with Gasteiger partial charge >= 0.3 is 5.69 Å². The van der Waals surface area contributed by atoms with Crippen molar-refractivity contribution in [1.29, 1.82) is 0 Å². The second-order valence-electron chi connectivity index (χ2n) is 5.33. The van der Waals surface area contributed by atoms with Gasteiger partial charge in [-0.3, -0.25) is 10.1 Å². The van der Waals surface area contributed by atoms with Gasteiger partial charge in [0.2, 0.25) is 17.6 Å². The summed E-state index contributed by atoms with van der Waals surface area (Å²) in [7, 11) is 0. The Balaban J connectivity index is 2.41. The van der Waals surface area contributed by atoms with E-state index in [9.17, 15) is 10.1 Å². The number of benzene rings is 1. The van der Waals surface area contributed by atoms with Gasteiger partial charge in [0.15, 0.2) is 0 Å². The number of hydrogen-bond donors (Lipinski definition) is 3. The zero-order valence-electron chi connectivity index (χ0n) is 13.3. The smallest absolute Gasteiger partial charge is 0.353 e. The molecular formula is C15H20N6O2. The summed E-state index contributed by atoms with van der Waals surface area (Å²) in [5.41, 5.74) is 7.19. The molecule has 0 saturated heterocycles. The molecule has 0 aliphatic rings. The minimum atomic E-state index is -0.584. The number of aryl methyl sites for hydroxylation is 1. The van der Waals surface area contributed by atoms with E-state index in [0.717, 1.165) is 12.0 Å². The van der Waals surface area contributed by atoms with Crippen molar-refractivity contribution in [2.24, 2.45) is 0 Å². The minimum Gasteiger partial charge on any atom is -0.378 e. The summed E-state index contributed by atoms with van der Waals surface area (Å²) in [5, 5.41) is 17.3. The highest BCUT2D eigenvalue weighted by molar-refractivity contribution is 5.74. The molecule has 0 bridgehead atoms. The van der Waals surface area contributed by atoms with Gasteiger partial charge in [-0.15, -0.1) is 0 Å². The van der Waals surface area contributed by atoms with E-state index in [2.05, 4.69) is 20.6 Å². The number of nitrogens with two attached hydrogens (primary N) is 1. The standard InChI is InChI=1S/C15H20N6O2/c1-4-10(3)17-15-19-13(16)12(21(22)23)14(20-15)18-11-7-5-9(2)6-8-11/h5-8,10H,4H2,1-3H3,(H4,16,17,18,19,20)/t10-/m1/s1. The van der Waals surface area contributed by atoms with Crippen molar-refractivity contribution in [2.75, 3.05) is 16.4 Å². The molecule has 23 heavy (non-hydrogen) atoms. The van der Waals surface area contributed by atoms with Gasteiger partial charge in [0.1, 0.15) is 0 Å². The predicted molar refractivity (Wildman–Crippen MR) is 90.9 cm³/mol. The van der Waals surface area contributed by atoms with Gasteiger partial charge in [-0.2, -0.15) is 9.97 Å². The van der Waals surface area contributed by atoms with Gasteiger partial charge in [0, 0.05) is 11.7 Å². The van der Waals surface area contributed by atoms with Crippen LogP contribution >= 0.6 is 0 Å². The van der Waals surface area contributed by atoms with E-state index < -0.39 is 4.92 Å². The summed E-state index contributed by atoms with van der Waals surface area (Å²) >= 11 is 0. The first kappa shape index (κ1) is 16.5. The fourth-order valence-electron chi connectivity index (χ4n) is 1.90. The molecule has 4 N–H and O–H groups in total. The molecule has 1 heterocycles. The average Bonchev–Trinajstić information content (AvgIpc) is 2.48. The maximum Gasteiger partial charge on any atom is 0.353 e. The number of nitro groups is 1. The molecule has 1 aromatic carbocycles. The van der Waals surface area contributed by atoms with Crippen LogP contribution in [0.2, 0.25) is 0 Å². The molecule has 0 saturated carbocycles. The summed E-state index contributed by atoms with van der Waals surface area (Å²) in [6, 6.07) is 7.56. The Labute approximate surface area is 134 Å². The van der Waals surface area contributed by atoms with Crippen LogP contribution < -0.4 is 16.4 Å². The summed E-state index contributed by atoms with van der Waals surface area (Å²) in [6.45, 7) is 5.94. The van der Waals surface area contributed by atoms with Crippen molar-refractivity contribution in [3.05, 3.63) is 39.9 Å². The number of anilines is 4. The number of nitrogens with one attached hydrogen (secondary N) is 2. The average molecular weight is 316 g/mol. The van der Waals surface area contributed by atoms with Crippen LogP contribution in [0, 0.1) is 17.0 Å². The lowest BCUT2D eigenvalue weighted by atomic mass is 10.2. The number of aromatic nitrogens is 2. The van der Waals surface area contributed by atoms with Crippen LogP contribution in [0.1, 0.15) is 25.8 Å². The molecule has 0 radical (unpaired) electrons. The molecule has 2 aromatic rings. The zero-order chi connectivity index (χ0) is 17.0. The third kappa shape index (κ3) is 4.06. The van der Waals surface area contributed by atoms with Gasteiger partial charge in [0.05, 0.1) is 4.92 Å². The second kappa shape index (κ2) is 6.91. The Kier molecular flexibility index (Phi) is 4.95. The summed E-state index contributed by atoms with van der Waals surface area (Å²) in [6.07, 6.45) is 0.862. The first-order chi connectivity index (χ1) is 10.9. The maximum atomic E-state index is 11.3. The van der Waals surface area contributed by atoms with Crippen molar-refractivity contribution in [2.45, 2.75) is 33.2 Å². The third-order valence-corrected chi connectivity index (χ3v) is 3.40. The first-order valence-corrected chi connectivity index (χ1v) is 7.32. The topological polar surface area (TPSA) is 119 Å². The Morgan fingerprint density at radius 3 is 2.52 bits per heavy atom. The molecule has 0 aliphatic carbocycles. The van der Waals surface area contributed by atoms with Crippen LogP contribution in [0.25, 0.3) is 0 Å². The van der Waals surface area contributed by atoms with E-state index >= 15 is 0 Å². The van der Waals surface area contributed by atoms with Crippen molar-refractivity contribution in [3.8, 4) is 0 Å². The van der Waals surface area contributed by atoms with Crippen LogP contribution in [-0.2, 0) is 0 Å². The van der Waals surface area contributed by atoms with Crippen molar-refractivity contribution in [3.63, 3.8) is 0 Å². The van der Waals surface area contributed by atoms with Gasteiger partial charge in [-0.25, -0.2) is 0 Å². The molecule has 2 rings (SSSR count). The molecule has 0 aliphatic heterocycles. The predicted octanol–water partition coefficient (Wildman–Crippen LogP) is 3.23. The summed E-state index contributed by atoms with van der Waals surface area (Å²) in [5.74, 6) is 0.152. The molecule has 0 amide bonds. The molecule has 8 nitrogen and oxygen atoms in total. The van der Waals surface area contributed by atoms with Crippen LogP contribution in [0.4, 0.5) is 29.0 Å². The lowest BCUT2D eigenvalue weighted by Gasteiger charge is -2.14. The molecule has 1 atom stereocenters. The molecular weight excluding hydrogens is 296 g/mol. The third-order valence-electron chi connectivity index (χ3n) is 3.40. The van der Waals surface area contributed by atoms with E-state index in [1.54, 1.807) is 0 Å². The highest BCUT2D eigenvalue weighted by atomic mass is 16.6. The zero-order valence-corrected chi connectivity index (χ0v) is 13.3. The fourth-order valence-corrected chi connectivity index (χ4v) is 1.90. The monoisotopic (exact) mass is 316 g/mol. The van der Waals surface area contributed by atoms with Gasteiger partial charge in [-0.1, -0.05) is 24.6 Å². The quantitative estimate of drug-likeness (QED) is 0.553. The number of nitrogen functional groups attached to an aromatic ring is 1. The highest BCUT2D eigenvalue weighted by Gasteiger charge is 2.23. The van der Waals surface area contributed by atoms with Crippen LogP contribution in [0.15, 0.2) is 24.3 Å². The molecule has 0 unspecified atom stereocenters.